The monoisotopic (exact) mass is 591 g/mol. The maximum absolute atomic E-state index is 13.5. The molecule has 4 atom stereocenters. The largest absolute Gasteiger partial charge is 0.416 e. The van der Waals surface area contributed by atoms with Crippen molar-refractivity contribution in [2.45, 2.75) is 43.6 Å². The van der Waals surface area contributed by atoms with E-state index in [-0.39, 0.29) is 18.2 Å². The van der Waals surface area contributed by atoms with Gasteiger partial charge in [-0.25, -0.2) is 8.78 Å². The van der Waals surface area contributed by atoms with Crippen LogP contribution in [0.25, 0.3) is 0 Å². The lowest BCUT2D eigenvalue weighted by atomic mass is 10.0. The van der Waals surface area contributed by atoms with E-state index in [0.29, 0.717) is 51.5 Å². The third-order valence-corrected chi connectivity index (χ3v) is 7.99. The summed E-state index contributed by atoms with van der Waals surface area (Å²) in [6.45, 7) is 2.74. The van der Waals surface area contributed by atoms with Gasteiger partial charge in [-0.1, -0.05) is 30.3 Å². The van der Waals surface area contributed by atoms with Gasteiger partial charge in [-0.15, -0.1) is 0 Å². The average molecular weight is 592 g/mol. The molecule has 2 saturated heterocycles. The maximum Gasteiger partial charge on any atom is 0.416 e. The van der Waals surface area contributed by atoms with Crippen molar-refractivity contribution in [1.29, 1.82) is 0 Å². The van der Waals surface area contributed by atoms with Crippen LogP contribution in [0.4, 0.5) is 27.6 Å². The van der Waals surface area contributed by atoms with Crippen LogP contribution in [0.3, 0.4) is 0 Å². The summed E-state index contributed by atoms with van der Waals surface area (Å²) in [6.07, 6.45) is -6.69. The smallest absolute Gasteiger partial charge is 0.394 e. The van der Waals surface area contributed by atoms with Crippen LogP contribution in [0, 0.1) is 11.6 Å². The summed E-state index contributed by atoms with van der Waals surface area (Å²) >= 11 is 0. The van der Waals surface area contributed by atoms with Gasteiger partial charge in [-0.2, -0.15) is 13.2 Å². The highest BCUT2D eigenvalue weighted by atomic mass is 19.4. The Morgan fingerprint density at radius 3 is 1.90 bits per heavy atom. The van der Waals surface area contributed by atoms with Crippen LogP contribution in [0.15, 0.2) is 72.8 Å². The Morgan fingerprint density at radius 2 is 1.38 bits per heavy atom. The number of halogens is 5. The van der Waals surface area contributed by atoms with E-state index >= 15 is 0 Å². The number of nitrogens with zero attached hydrogens (tertiary/aromatic N) is 3. The first-order valence-electron chi connectivity index (χ1n) is 13.9. The number of hydrogen-bond acceptors (Lipinski definition) is 6. The number of piperazine rings is 1. The first-order valence-corrected chi connectivity index (χ1v) is 13.9. The van der Waals surface area contributed by atoms with Crippen LogP contribution >= 0.6 is 0 Å². The minimum Gasteiger partial charge on any atom is -0.394 e. The molecule has 42 heavy (non-hydrogen) atoms. The molecule has 0 aliphatic carbocycles. The first kappa shape index (κ1) is 30.4. The minimum atomic E-state index is -4.43. The molecule has 11 heteroatoms. The molecule has 3 aromatic carbocycles. The normalized spacial score (nSPS) is 23.6. The van der Waals surface area contributed by atoms with Gasteiger partial charge in [0, 0.05) is 51.5 Å². The second-order valence-electron chi connectivity index (χ2n) is 10.9. The van der Waals surface area contributed by atoms with E-state index in [2.05, 4.69) is 9.80 Å². The van der Waals surface area contributed by atoms with Crippen LogP contribution in [0.1, 0.15) is 16.7 Å². The molecule has 0 bridgehead atoms. The predicted molar refractivity (Wildman–Crippen MR) is 148 cm³/mol. The quantitative estimate of drug-likeness (QED) is 0.362. The van der Waals surface area contributed by atoms with Gasteiger partial charge in [0.05, 0.1) is 24.3 Å². The van der Waals surface area contributed by atoms with Gasteiger partial charge in [-0.05, 0) is 53.6 Å². The highest BCUT2D eigenvalue weighted by Gasteiger charge is 2.47. The molecule has 0 unspecified atom stereocenters. The van der Waals surface area contributed by atoms with Crippen LogP contribution < -0.4 is 4.90 Å². The number of alkyl halides is 3. The third-order valence-electron chi connectivity index (χ3n) is 7.99. The van der Waals surface area contributed by atoms with E-state index in [9.17, 15) is 32.2 Å². The predicted octanol–water partition coefficient (Wildman–Crippen LogP) is 4.30. The third kappa shape index (κ3) is 7.27. The van der Waals surface area contributed by atoms with E-state index in [1.165, 1.54) is 30.3 Å². The van der Waals surface area contributed by atoms with E-state index < -0.39 is 36.1 Å². The van der Waals surface area contributed by atoms with Crippen LogP contribution in [-0.2, 0) is 24.0 Å². The van der Waals surface area contributed by atoms with E-state index in [1.54, 1.807) is 30.3 Å². The Morgan fingerprint density at radius 1 is 0.810 bits per heavy atom. The molecule has 0 aromatic heterocycles. The van der Waals surface area contributed by atoms with Gasteiger partial charge in [0.25, 0.3) is 0 Å². The molecular weight excluding hydrogens is 557 g/mol. The van der Waals surface area contributed by atoms with Crippen molar-refractivity contribution < 1.29 is 36.9 Å². The first-order chi connectivity index (χ1) is 20.1. The molecule has 0 radical (unpaired) electrons. The fourth-order valence-corrected chi connectivity index (χ4v) is 5.87. The standard InChI is InChI=1S/C31H34F5N3O3/c32-24-8-4-21(5-9-24)17-37(18-22-6-10-25(33)11-7-22)19-27-29(30(41)28(20-40)42-27)39-14-12-38(13-15-39)26-3-1-2-23(16-26)31(34,35)36/h1-11,16,27-30,40-41H,12-15,17-20H2/t27-,28+,29+,30-/m1/s1. The minimum absolute atomic E-state index is 0.346. The SMILES string of the molecule is OC[C@@H]1O[C@H](CN(Cc2ccc(F)cc2)Cc2ccc(F)cc2)[C@H](N2CCN(c3cccc(C(F)(F)F)c3)CC2)[C@@H]1O. The molecule has 226 valence electrons. The number of benzene rings is 3. The Hall–Kier alpha value is -3.09. The summed E-state index contributed by atoms with van der Waals surface area (Å²) in [5.41, 5.74) is 1.52. The number of anilines is 1. The maximum atomic E-state index is 13.5. The fourth-order valence-electron chi connectivity index (χ4n) is 5.87. The fraction of sp³-hybridized carbons (Fsp3) is 0.419. The zero-order valence-corrected chi connectivity index (χ0v) is 22.9. The molecule has 3 aromatic rings. The second-order valence-corrected chi connectivity index (χ2v) is 10.9. The van der Waals surface area contributed by atoms with E-state index in [1.807, 2.05) is 4.90 Å². The van der Waals surface area contributed by atoms with Crippen molar-refractivity contribution in [3.63, 3.8) is 0 Å². The van der Waals surface area contributed by atoms with Crippen molar-refractivity contribution in [3.05, 3.63) is 101 Å². The molecule has 2 N–H and O–H groups in total. The highest BCUT2D eigenvalue weighted by Crippen LogP contribution is 2.33. The molecule has 2 fully saturated rings. The molecule has 0 saturated carbocycles. The Balaban J connectivity index is 1.31. The lowest BCUT2D eigenvalue weighted by Crippen LogP contribution is -2.57. The average Bonchev–Trinajstić information content (AvgIpc) is 3.29. The zero-order valence-electron chi connectivity index (χ0n) is 22.9. The number of hydrogen-bond donors (Lipinski definition) is 2. The van der Waals surface area contributed by atoms with Crippen molar-refractivity contribution >= 4 is 5.69 Å². The second kappa shape index (κ2) is 13.0. The zero-order chi connectivity index (χ0) is 29.9. The summed E-state index contributed by atoms with van der Waals surface area (Å²) in [7, 11) is 0. The van der Waals surface area contributed by atoms with Crippen molar-refractivity contribution in [1.82, 2.24) is 9.80 Å². The summed E-state index contributed by atoms with van der Waals surface area (Å²) in [4.78, 5) is 6.04. The molecule has 6 nitrogen and oxygen atoms in total. The van der Waals surface area contributed by atoms with Crippen molar-refractivity contribution in [2.75, 3.05) is 44.2 Å². The highest BCUT2D eigenvalue weighted by molar-refractivity contribution is 5.49. The van der Waals surface area contributed by atoms with E-state index in [0.717, 1.165) is 23.3 Å². The molecule has 5 rings (SSSR count). The van der Waals surface area contributed by atoms with Crippen molar-refractivity contribution in [2.24, 2.45) is 0 Å². The molecule has 2 heterocycles. The Kier molecular flexibility index (Phi) is 9.44. The summed E-state index contributed by atoms with van der Waals surface area (Å²) in [5, 5.41) is 21.1. The van der Waals surface area contributed by atoms with Crippen molar-refractivity contribution in [3.8, 4) is 0 Å². The van der Waals surface area contributed by atoms with Gasteiger partial charge in [0.2, 0.25) is 0 Å². The lowest BCUT2D eigenvalue weighted by molar-refractivity contribution is -0.137. The molecule has 2 aliphatic rings. The molecule has 2 aliphatic heterocycles. The number of ether oxygens (including phenoxy) is 1. The van der Waals surface area contributed by atoms with E-state index in [4.69, 9.17) is 4.74 Å². The summed E-state index contributed by atoms with van der Waals surface area (Å²) in [6, 6.07) is 17.1. The van der Waals surface area contributed by atoms with Gasteiger partial charge in [0.1, 0.15) is 23.8 Å². The lowest BCUT2D eigenvalue weighted by Gasteiger charge is -2.42. The Bertz CT molecular complexity index is 1250. The molecule has 0 amide bonds. The van der Waals surface area contributed by atoms with Crippen LogP contribution in [0.2, 0.25) is 0 Å². The topological polar surface area (TPSA) is 59.4 Å². The van der Waals surface area contributed by atoms with Gasteiger partial charge in [0.15, 0.2) is 0 Å². The number of aliphatic hydroxyl groups excluding tert-OH is 2. The van der Waals surface area contributed by atoms with Gasteiger partial charge in [-0.3, -0.25) is 9.80 Å². The van der Waals surface area contributed by atoms with Gasteiger partial charge < -0.3 is 19.8 Å². The molecule has 0 spiro atoms. The molecular formula is C31H34F5N3O3. The van der Waals surface area contributed by atoms with Crippen LogP contribution in [-0.4, -0.2) is 83.7 Å². The number of rotatable bonds is 9. The summed E-state index contributed by atoms with van der Waals surface area (Å²) in [5.74, 6) is -0.692. The van der Waals surface area contributed by atoms with Gasteiger partial charge >= 0.3 is 6.18 Å². The Labute approximate surface area is 241 Å². The van der Waals surface area contributed by atoms with Crippen LogP contribution in [0.5, 0.6) is 0 Å². The number of aliphatic hydroxyl groups is 2. The summed E-state index contributed by atoms with van der Waals surface area (Å²) < 4.78 is 73.0.